The Balaban J connectivity index is 2.14. The number of nitrogens with zero attached hydrogens (tertiary/aromatic N) is 2. The van der Waals surface area contributed by atoms with Gasteiger partial charge in [-0.15, -0.1) is 11.8 Å². The van der Waals surface area contributed by atoms with Crippen LogP contribution in [0.25, 0.3) is 0 Å². The van der Waals surface area contributed by atoms with Crippen molar-refractivity contribution in [2.45, 2.75) is 31.8 Å². The number of aryl methyl sites for hydroxylation is 1. The van der Waals surface area contributed by atoms with Crippen LogP contribution in [0.5, 0.6) is 0 Å². The molecule has 2 heterocycles. The molecule has 88 valence electrons. The summed E-state index contributed by atoms with van der Waals surface area (Å²) in [5, 5.41) is 16.3. The smallest absolute Gasteiger partial charge is 0.321 e. The van der Waals surface area contributed by atoms with E-state index in [9.17, 15) is 4.79 Å². The quantitative estimate of drug-likeness (QED) is 0.826. The fraction of sp³-hybridized carbons (Fsp3) is 0.600. The number of carbonyl (C=O) groups is 1. The van der Waals surface area contributed by atoms with Gasteiger partial charge in [0.2, 0.25) is 0 Å². The number of carboxylic acids is 1. The highest BCUT2D eigenvalue weighted by molar-refractivity contribution is 7.99. The molecule has 1 fully saturated rings. The lowest BCUT2D eigenvalue weighted by atomic mass is 10.2. The van der Waals surface area contributed by atoms with Crippen LogP contribution in [0, 0.1) is 6.92 Å². The van der Waals surface area contributed by atoms with Crippen LogP contribution in [0.2, 0.25) is 0 Å². The normalized spacial score (nSPS) is 24.9. The number of rotatable bonds is 3. The van der Waals surface area contributed by atoms with Crippen LogP contribution in [-0.4, -0.2) is 32.7 Å². The van der Waals surface area contributed by atoms with Crippen molar-refractivity contribution in [3.05, 3.63) is 17.5 Å². The van der Waals surface area contributed by atoms with Crippen LogP contribution in [0.1, 0.15) is 23.6 Å². The Bertz CT molecular complexity index is 405. The summed E-state index contributed by atoms with van der Waals surface area (Å²) in [6, 6.07) is -0.445. The Kier molecular flexibility index (Phi) is 3.20. The molecule has 1 aromatic rings. The van der Waals surface area contributed by atoms with E-state index in [-0.39, 0.29) is 5.37 Å². The molecule has 1 aliphatic rings. The second-order valence-electron chi connectivity index (χ2n) is 3.77. The molecule has 0 unspecified atom stereocenters. The van der Waals surface area contributed by atoms with Gasteiger partial charge in [0, 0.05) is 23.6 Å². The van der Waals surface area contributed by atoms with Gasteiger partial charge in [-0.3, -0.25) is 14.8 Å². The van der Waals surface area contributed by atoms with E-state index in [0.29, 0.717) is 5.75 Å². The lowest BCUT2D eigenvalue weighted by Gasteiger charge is -2.10. The van der Waals surface area contributed by atoms with E-state index in [0.717, 1.165) is 17.8 Å². The molecule has 0 aliphatic carbocycles. The summed E-state index contributed by atoms with van der Waals surface area (Å²) in [5.74, 6) is -0.174. The van der Waals surface area contributed by atoms with Gasteiger partial charge in [-0.2, -0.15) is 5.10 Å². The molecule has 1 aliphatic heterocycles. The van der Waals surface area contributed by atoms with E-state index >= 15 is 0 Å². The van der Waals surface area contributed by atoms with E-state index in [1.807, 2.05) is 24.7 Å². The molecule has 0 spiro atoms. The zero-order valence-electron chi connectivity index (χ0n) is 9.30. The summed E-state index contributed by atoms with van der Waals surface area (Å²) < 4.78 is 1.92. The molecule has 1 saturated heterocycles. The Morgan fingerprint density at radius 1 is 1.81 bits per heavy atom. The van der Waals surface area contributed by atoms with Crippen molar-refractivity contribution in [1.29, 1.82) is 0 Å². The summed E-state index contributed by atoms with van der Waals surface area (Å²) in [7, 11) is 0. The summed E-state index contributed by atoms with van der Waals surface area (Å²) in [6.07, 6.45) is 1.83. The molecule has 1 aromatic heterocycles. The highest BCUT2D eigenvalue weighted by Crippen LogP contribution is 2.34. The van der Waals surface area contributed by atoms with Crippen LogP contribution in [-0.2, 0) is 11.3 Å². The predicted molar refractivity (Wildman–Crippen MR) is 62.4 cm³/mol. The van der Waals surface area contributed by atoms with E-state index in [4.69, 9.17) is 5.11 Å². The van der Waals surface area contributed by atoms with Crippen LogP contribution < -0.4 is 5.32 Å². The maximum absolute atomic E-state index is 10.8. The molecule has 0 amide bonds. The van der Waals surface area contributed by atoms with Crippen LogP contribution >= 0.6 is 11.8 Å². The highest BCUT2D eigenvalue weighted by atomic mass is 32.2. The summed E-state index contributed by atoms with van der Waals surface area (Å²) in [4.78, 5) is 10.8. The first-order chi connectivity index (χ1) is 7.63. The molecule has 2 atom stereocenters. The zero-order valence-corrected chi connectivity index (χ0v) is 10.1. The third kappa shape index (κ3) is 1.94. The van der Waals surface area contributed by atoms with Crippen molar-refractivity contribution in [3.63, 3.8) is 0 Å². The molecule has 2 rings (SSSR count). The summed E-state index contributed by atoms with van der Waals surface area (Å²) in [6.45, 7) is 4.90. The van der Waals surface area contributed by atoms with Crippen LogP contribution in [0.4, 0.5) is 0 Å². The molecule has 2 N–H and O–H groups in total. The van der Waals surface area contributed by atoms with Crippen LogP contribution in [0.3, 0.4) is 0 Å². The number of carboxylic acid groups (broad SMARTS) is 1. The number of nitrogens with one attached hydrogen (secondary N) is 1. The standard InChI is InChI=1S/C10H15N3O2S/c1-3-13-6(2)7(4-11-13)9-12-8(5-16-9)10(14)15/h4,8-9,12H,3,5H2,1-2H3,(H,14,15)/t8-,9+/m0/s1. The van der Waals surface area contributed by atoms with Crippen molar-refractivity contribution >= 4 is 17.7 Å². The fourth-order valence-electron chi connectivity index (χ4n) is 1.83. The van der Waals surface area contributed by atoms with E-state index in [1.165, 1.54) is 0 Å². The second-order valence-corrected chi connectivity index (χ2v) is 4.91. The first kappa shape index (κ1) is 11.5. The fourth-order valence-corrected chi connectivity index (χ4v) is 3.13. The van der Waals surface area contributed by atoms with Gasteiger partial charge in [-0.25, -0.2) is 0 Å². The predicted octanol–water partition coefficient (Wildman–Crippen LogP) is 1.000. The average molecular weight is 241 g/mol. The average Bonchev–Trinajstić information content (AvgIpc) is 2.83. The van der Waals surface area contributed by atoms with E-state index < -0.39 is 12.0 Å². The SMILES string of the molecule is CCn1ncc([C@@H]2N[C@H](C(=O)O)CS2)c1C. The number of hydrogen-bond acceptors (Lipinski definition) is 4. The molecule has 5 nitrogen and oxygen atoms in total. The highest BCUT2D eigenvalue weighted by Gasteiger charge is 2.31. The van der Waals surface area contributed by atoms with E-state index in [1.54, 1.807) is 11.8 Å². The zero-order chi connectivity index (χ0) is 11.7. The molecule has 0 aromatic carbocycles. The van der Waals surface area contributed by atoms with Crippen molar-refractivity contribution in [2.75, 3.05) is 5.75 Å². The topological polar surface area (TPSA) is 67.2 Å². The Morgan fingerprint density at radius 2 is 2.56 bits per heavy atom. The Morgan fingerprint density at radius 3 is 3.06 bits per heavy atom. The number of aromatic nitrogens is 2. The monoisotopic (exact) mass is 241 g/mol. The third-order valence-corrected chi connectivity index (χ3v) is 4.05. The maximum atomic E-state index is 10.8. The van der Waals surface area contributed by atoms with Crippen molar-refractivity contribution < 1.29 is 9.90 Å². The number of hydrogen-bond donors (Lipinski definition) is 2. The van der Waals surface area contributed by atoms with Crippen molar-refractivity contribution in [2.24, 2.45) is 0 Å². The van der Waals surface area contributed by atoms with Crippen LogP contribution in [0.15, 0.2) is 6.20 Å². The maximum Gasteiger partial charge on any atom is 0.321 e. The molecule has 0 bridgehead atoms. The second kappa shape index (κ2) is 4.47. The van der Waals surface area contributed by atoms with Gasteiger partial charge in [0.1, 0.15) is 6.04 Å². The Hall–Kier alpha value is -1.01. The first-order valence-electron chi connectivity index (χ1n) is 5.26. The van der Waals surface area contributed by atoms with Gasteiger partial charge < -0.3 is 5.11 Å². The summed E-state index contributed by atoms with van der Waals surface area (Å²) in [5.41, 5.74) is 2.20. The van der Waals surface area contributed by atoms with Gasteiger partial charge in [-0.1, -0.05) is 0 Å². The molecule has 16 heavy (non-hydrogen) atoms. The Labute approximate surface area is 98.2 Å². The minimum Gasteiger partial charge on any atom is -0.480 e. The lowest BCUT2D eigenvalue weighted by molar-refractivity contribution is -0.138. The number of thioether (sulfide) groups is 1. The molecular formula is C10H15N3O2S. The van der Waals surface area contributed by atoms with Gasteiger partial charge >= 0.3 is 5.97 Å². The number of aliphatic carboxylic acids is 1. The molecular weight excluding hydrogens is 226 g/mol. The van der Waals surface area contributed by atoms with Gasteiger partial charge in [0.05, 0.1) is 11.6 Å². The molecule has 6 heteroatoms. The van der Waals surface area contributed by atoms with E-state index in [2.05, 4.69) is 10.4 Å². The van der Waals surface area contributed by atoms with Gasteiger partial charge in [0.15, 0.2) is 0 Å². The largest absolute Gasteiger partial charge is 0.480 e. The lowest BCUT2D eigenvalue weighted by Crippen LogP contribution is -2.33. The van der Waals surface area contributed by atoms with Gasteiger partial charge in [-0.05, 0) is 13.8 Å². The minimum absolute atomic E-state index is 0.0569. The summed E-state index contributed by atoms with van der Waals surface area (Å²) >= 11 is 1.62. The third-order valence-electron chi connectivity index (χ3n) is 2.80. The van der Waals surface area contributed by atoms with Crippen molar-refractivity contribution in [3.8, 4) is 0 Å². The van der Waals surface area contributed by atoms with Gasteiger partial charge in [0.25, 0.3) is 0 Å². The molecule has 0 radical (unpaired) electrons. The van der Waals surface area contributed by atoms with Crippen molar-refractivity contribution in [1.82, 2.24) is 15.1 Å². The molecule has 0 saturated carbocycles. The minimum atomic E-state index is -0.782. The first-order valence-corrected chi connectivity index (χ1v) is 6.31.